The number of aromatic amines is 1. The number of fused-ring (bicyclic) bond motifs is 1. The van der Waals surface area contributed by atoms with E-state index in [1.807, 2.05) is 49.4 Å². The van der Waals surface area contributed by atoms with E-state index in [2.05, 4.69) is 23.3 Å². The Kier molecular flexibility index (Phi) is 5.32. The van der Waals surface area contributed by atoms with E-state index in [4.69, 9.17) is 0 Å². The van der Waals surface area contributed by atoms with Crippen molar-refractivity contribution in [2.24, 2.45) is 0 Å². The number of benzene rings is 2. The van der Waals surface area contributed by atoms with Gasteiger partial charge in [-0.15, -0.1) is 0 Å². The summed E-state index contributed by atoms with van der Waals surface area (Å²) in [6.07, 6.45) is 3.76. The van der Waals surface area contributed by atoms with E-state index in [0.29, 0.717) is 18.5 Å². The van der Waals surface area contributed by atoms with Gasteiger partial charge in [0.15, 0.2) is 0 Å². The molecule has 0 fully saturated rings. The Balaban J connectivity index is 1.63. The van der Waals surface area contributed by atoms with Crippen molar-refractivity contribution in [2.45, 2.75) is 20.3 Å². The van der Waals surface area contributed by atoms with Crippen LogP contribution in [-0.2, 0) is 11.2 Å². The summed E-state index contributed by atoms with van der Waals surface area (Å²) >= 11 is 0. The van der Waals surface area contributed by atoms with Gasteiger partial charge < -0.3 is 10.3 Å². The summed E-state index contributed by atoms with van der Waals surface area (Å²) in [5, 5.41) is 3.83. The molecule has 0 bridgehead atoms. The lowest BCUT2D eigenvalue weighted by Gasteiger charge is -2.07. The first-order chi connectivity index (χ1) is 12.5. The SMILES string of the molecule is Cc1cc2cc(CCNC(=O)C=Cc3ccccc3)c(=O)[nH]c2cc1C. The molecule has 2 aromatic carbocycles. The molecule has 0 aliphatic carbocycles. The molecule has 0 saturated heterocycles. The fourth-order valence-electron chi connectivity index (χ4n) is 2.82. The normalized spacial score (nSPS) is 11.2. The minimum atomic E-state index is -0.169. The highest BCUT2D eigenvalue weighted by Crippen LogP contribution is 2.17. The van der Waals surface area contributed by atoms with Gasteiger partial charge in [-0.1, -0.05) is 30.3 Å². The highest BCUT2D eigenvalue weighted by molar-refractivity contribution is 5.91. The van der Waals surface area contributed by atoms with Crippen molar-refractivity contribution >= 4 is 22.9 Å². The summed E-state index contributed by atoms with van der Waals surface area (Å²) < 4.78 is 0. The molecule has 4 nitrogen and oxygen atoms in total. The molecule has 0 unspecified atom stereocenters. The molecule has 2 N–H and O–H groups in total. The summed E-state index contributed by atoms with van der Waals surface area (Å²) in [5.41, 5.74) is 4.73. The lowest BCUT2D eigenvalue weighted by atomic mass is 10.0. The van der Waals surface area contributed by atoms with Crippen molar-refractivity contribution < 1.29 is 4.79 Å². The number of rotatable bonds is 5. The topological polar surface area (TPSA) is 62.0 Å². The molecule has 0 aliphatic rings. The lowest BCUT2D eigenvalue weighted by molar-refractivity contribution is -0.116. The maximum Gasteiger partial charge on any atom is 0.251 e. The third kappa shape index (κ3) is 4.28. The highest BCUT2D eigenvalue weighted by atomic mass is 16.1. The number of aryl methyl sites for hydroxylation is 2. The van der Waals surface area contributed by atoms with Crippen molar-refractivity contribution in [2.75, 3.05) is 6.54 Å². The predicted octanol–water partition coefficient (Wildman–Crippen LogP) is 3.52. The van der Waals surface area contributed by atoms with Crippen LogP contribution in [0.3, 0.4) is 0 Å². The zero-order valence-corrected chi connectivity index (χ0v) is 15.0. The second kappa shape index (κ2) is 7.83. The van der Waals surface area contributed by atoms with E-state index in [-0.39, 0.29) is 11.5 Å². The van der Waals surface area contributed by atoms with Crippen LogP contribution < -0.4 is 10.9 Å². The van der Waals surface area contributed by atoms with E-state index in [1.54, 1.807) is 6.08 Å². The number of nitrogens with one attached hydrogen (secondary N) is 2. The average Bonchev–Trinajstić information content (AvgIpc) is 2.63. The zero-order chi connectivity index (χ0) is 18.5. The maximum absolute atomic E-state index is 12.2. The fraction of sp³-hybridized carbons (Fsp3) is 0.182. The van der Waals surface area contributed by atoms with Crippen LogP contribution >= 0.6 is 0 Å². The van der Waals surface area contributed by atoms with Crippen LogP contribution in [-0.4, -0.2) is 17.4 Å². The Labute approximate surface area is 152 Å². The summed E-state index contributed by atoms with van der Waals surface area (Å²) in [6, 6.07) is 15.6. The number of amides is 1. The quantitative estimate of drug-likeness (QED) is 0.695. The van der Waals surface area contributed by atoms with Gasteiger partial charge in [-0.05, 0) is 66.6 Å². The standard InChI is InChI=1S/C22H22N2O2/c1-15-12-19-14-18(22(26)24-20(19)13-16(15)2)10-11-23-21(25)9-8-17-6-4-3-5-7-17/h3-9,12-14H,10-11H2,1-2H3,(H,23,25)(H,24,26). The van der Waals surface area contributed by atoms with Crippen LogP contribution in [0.4, 0.5) is 0 Å². The molecule has 1 heterocycles. The van der Waals surface area contributed by atoms with Gasteiger partial charge in [0.2, 0.25) is 5.91 Å². The molecule has 1 aromatic heterocycles. The summed E-state index contributed by atoms with van der Waals surface area (Å²) in [4.78, 5) is 27.1. The van der Waals surface area contributed by atoms with E-state index < -0.39 is 0 Å². The molecule has 3 aromatic rings. The summed E-state index contributed by atoms with van der Waals surface area (Å²) in [5.74, 6) is -0.169. The van der Waals surface area contributed by atoms with Crippen LogP contribution in [0.25, 0.3) is 17.0 Å². The first-order valence-electron chi connectivity index (χ1n) is 8.67. The molecule has 4 heteroatoms. The van der Waals surface area contributed by atoms with Crippen molar-refractivity contribution in [1.29, 1.82) is 0 Å². The molecular formula is C22H22N2O2. The van der Waals surface area contributed by atoms with Crippen molar-refractivity contribution in [3.8, 4) is 0 Å². The van der Waals surface area contributed by atoms with Gasteiger partial charge >= 0.3 is 0 Å². The van der Waals surface area contributed by atoms with E-state index >= 15 is 0 Å². The number of aromatic nitrogens is 1. The van der Waals surface area contributed by atoms with Gasteiger partial charge in [-0.25, -0.2) is 0 Å². The Hall–Kier alpha value is -3.14. The molecule has 0 saturated carbocycles. The van der Waals surface area contributed by atoms with Crippen LogP contribution in [0.2, 0.25) is 0 Å². The van der Waals surface area contributed by atoms with Crippen LogP contribution in [0.5, 0.6) is 0 Å². The minimum Gasteiger partial charge on any atom is -0.352 e. The second-order valence-corrected chi connectivity index (χ2v) is 6.43. The summed E-state index contributed by atoms with van der Waals surface area (Å²) in [7, 11) is 0. The Morgan fingerprint density at radius 3 is 2.58 bits per heavy atom. The van der Waals surface area contributed by atoms with Gasteiger partial charge in [-0.3, -0.25) is 9.59 Å². The molecule has 1 amide bonds. The van der Waals surface area contributed by atoms with E-state index in [9.17, 15) is 9.59 Å². The molecule has 0 atom stereocenters. The zero-order valence-electron chi connectivity index (χ0n) is 15.0. The molecule has 0 spiro atoms. The van der Waals surface area contributed by atoms with Gasteiger partial charge in [0.1, 0.15) is 0 Å². The molecule has 26 heavy (non-hydrogen) atoms. The Morgan fingerprint density at radius 2 is 1.81 bits per heavy atom. The van der Waals surface area contributed by atoms with Crippen molar-refractivity contribution in [3.05, 3.63) is 87.2 Å². The monoisotopic (exact) mass is 346 g/mol. The van der Waals surface area contributed by atoms with Crippen molar-refractivity contribution in [1.82, 2.24) is 10.3 Å². The molecule has 132 valence electrons. The molecular weight excluding hydrogens is 324 g/mol. The summed E-state index contributed by atoms with van der Waals surface area (Å²) in [6.45, 7) is 4.50. The number of hydrogen-bond donors (Lipinski definition) is 2. The van der Waals surface area contributed by atoms with Crippen LogP contribution in [0.15, 0.2) is 59.4 Å². The molecule has 3 rings (SSSR count). The van der Waals surface area contributed by atoms with E-state index in [0.717, 1.165) is 22.0 Å². The first kappa shape index (κ1) is 17.7. The third-order valence-corrected chi connectivity index (χ3v) is 4.46. The van der Waals surface area contributed by atoms with Gasteiger partial charge in [0, 0.05) is 23.7 Å². The Bertz CT molecular complexity index is 1020. The van der Waals surface area contributed by atoms with Gasteiger partial charge in [0.25, 0.3) is 5.56 Å². The largest absolute Gasteiger partial charge is 0.352 e. The first-order valence-corrected chi connectivity index (χ1v) is 8.67. The predicted molar refractivity (Wildman–Crippen MR) is 106 cm³/mol. The highest BCUT2D eigenvalue weighted by Gasteiger charge is 2.05. The smallest absolute Gasteiger partial charge is 0.251 e. The fourth-order valence-corrected chi connectivity index (χ4v) is 2.82. The van der Waals surface area contributed by atoms with Gasteiger partial charge in [0.05, 0.1) is 0 Å². The molecule has 0 radical (unpaired) electrons. The number of pyridine rings is 1. The Morgan fingerprint density at radius 1 is 1.08 bits per heavy atom. The second-order valence-electron chi connectivity index (χ2n) is 6.43. The van der Waals surface area contributed by atoms with Crippen LogP contribution in [0.1, 0.15) is 22.3 Å². The minimum absolute atomic E-state index is 0.102. The maximum atomic E-state index is 12.2. The number of hydrogen-bond acceptors (Lipinski definition) is 2. The van der Waals surface area contributed by atoms with Gasteiger partial charge in [-0.2, -0.15) is 0 Å². The number of carbonyl (C=O) groups is 1. The lowest BCUT2D eigenvalue weighted by Crippen LogP contribution is -2.25. The van der Waals surface area contributed by atoms with Crippen LogP contribution in [0, 0.1) is 13.8 Å². The van der Waals surface area contributed by atoms with Crippen molar-refractivity contribution in [3.63, 3.8) is 0 Å². The average molecular weight is 346 g/mol. The third-order valence-electron chi connectivity index (χ3n) is 4.46. The number of H-pyrrole nitrogens is 1. The number of carbonyl (C=O) groups excluding carboxylic acids is 1. The molecule has 0 aliphatic heterocycles. The van der Waals surface area contributed by atoms with E-state index in [1.165, 1.54) is 11.6 Å².